The average molecular weight is 1100 g/mol. The number of imidazole rings is 1. The zero-order chi connectivity index (χ0) is 55.1. The van der Waals surface area contributed by atoms with E-state index >= 15 is 0 Å². The van der Waals surface area contributed by atoms with Gasteiger partial charge in [-0.25, -0.2) is 9.50 Å². The van der Waals surface area contributed by atoms with Crippen LogP contribution in [0.4, 0.5) is 30.4 Å². The van der Waals surface area contributed by atoms with Gasteiger partial charge in [-0.1, -0.05) is 29.7 Å². The minimum absolute atomic E-state index is 0.0203. The molecule has 11 rings (SSSR count). The van der Waals surface area contributed by atoms with Crippen molar-refractivity contribution in [3.8, 4) is 11.8 Å². The summed E-state index contributed by atoms with van der Waals surface area (Å²) in [6.45, 7) is 8.81. The molecule has 0 spiro atoms. The Morgan fingerprint density at radius 2 is 1.51 bits per heavy atom. The Kier molecular flexibility index (Phi) is 15.2. The first-order valence-corrected chi connectivity index (χ1v) is 27.6. The van der Waals surface area contributed by atoms with Crippen LogP contribution in [0.5, 0.6) is 0 Å². The van der Waals surface area contributed by atoms with Crippen LogP contribution in [0.25, 0.3) is 5.65 Å². The topological polar surface area (TPSA) is 182 Å². The van der Waals surface area contributed by atoms with E-state index in [-0.39, 0.29) is 53.1 Å². The number of benzene rings is 3. The van der Waals surface area contributed by atoms with Crippen LogP contribution in [0.3, 0.4) is 0 Å². The SMILES string of the molecule is Cc1c(C#Cc2cnc3ccc(N4CCC(OC5CCN(C(=O)C6CCN(CC7CCN(c8cccc9c8C(=O)N(C8CCC(=O)NC8=O)C9=O)CC7)CC6)CC5)CC4)nn23)cccc1C(=O)Nc1cc(Cl)cc(C(F)(F)F)c1. The highest BCUT2D eigenvalue weighted by atomic mass is 35.5. The molecule has 79 heavy (non-hydrogen) atoms. The van der Waals surface area contributed by atoms with E-state index < -0.39 is 47.3 Å². The molecule has 5 saturated heterocycles. The van der Waals surface area contributed by atoms with Gasteiger partial charge in [0.1, 0.15) is 17.6 Å². The summed E-state index contributed by atoms with van der Waals surface area (Å²) in [5.41, 5.74) is 2.82. The fraction of sp³-hybridized carbons (Fsp3) is 0.448. The van der Waals surface area contributed by atoms with Crippen LogP contribution in [-0.2, 0) is 25.3 Å². The van der Waals surface area contributed by atoms with Crippen molar-refractivity contribution in [3.05, 3.63) is 117 Å². The Morgan fingerprint density at radius 1 is 0.797 bits per heavy atom. The minimum Gasteiger partial charge on any atom is -0.375 e. The molecule has 8 heterocycles. The molecule has 1 atom stereocenters. The van der Waals surface area contributed by atoms with Crippen molar-refractivity contribution in [1.82, 2.24) is 34.6 Å². The van der Waals surface area contributed by atoms with E-state index in [1.165, 1.54) is 6.07 Å². The molecule has 1 unspecified atom stereocenters. The van der Waals surface area contributed by atoms with E-state index in [0.29, 0.717) is 58.3 Å². The number of hydrogen-bond donors (Lipinski definition) is 2. The average Bonchev–Trinajstić information content (AvgIpc) is 4.22. The van der Waals surface area contributed by atoms with Crippen LogP contribution in [0.2, 0.25) is 5.02 Å². The first-order valence-electron chi connectivity index (χ1n) is 27.2. The van der Waals surface area contributed by atoms with Crippen LogP contribution >= 0.6 is 11.6 Å². The van der Waals surface area contributed by atoms with Crippen molar-refractivity contribution >= 4 is 69.9 Å². The molecule has 6 amide bonds. The molecule has 21 heteroatoms. The largest absolute Gasteiger partial charge is 0.416 e. The van der Waals surface area contributed by atoms with E-state index in [0.717, 1.165) is 120 Å². The van der Waals surface area contributed by atoms with Crippen LogP contribution in [-0.4, -0.2) is 142 Å². The van der Waals surface area contributed by atoms with Gasteiger partial charge in [-0.2, -0.15) is 13.2 Å². The second-order valence-electron chi connectivity index (χ2n) is 21.5. The number of carbonyl (C=O) groups excluding carboxylic acids is 6. The van der Waals surface area contributed by atoms with Gasteiger partial charge in [-0.3, -0.25) is 39.0 Å². The van der Waals surface area contributed by atoms with Gasteiger partial charge in [0.2, 0.25) is 17.7 Å². The van der Waals surface area contributed by atoms with E-state index in [4.69, 9.17) is 21.4 Å². The lowest BCUT2D eigenvalue weighted by Gasteiger charge is -2.40. The highest BCUT2D eigenvalue weighted by Gasteiger charge is 2.46. The molecule has 5 aromatic rings. The molecule has 17 nitrogen and oxygen atoms in total. The number of hydrogen-bond acceptors (Lipinski definition) is 12. The number of carbonyl (C=O) groups is 6. The quantitative estimate of drug-likeness (QED) is 0.105. The predicted molar refractivity (Wildman–Crippen MR) is 288 cm³/mol. The number of alkyl halides is 3. The van der Waals surface area contributed by atoms with Gasteiger partial charge in [0.15, 0.2) is 5.65 Å². The van der Waals surface area contributed by atoms with E-state index in [2.05, 4.69) is 42.2 Å². The number of rotatable bonds is 10. The van der Waals surface area contributed by atoms with E-state index in [9.17, 15) is 41.9 Å². The molecule has 2 aromatic heterocycles. The third kappa shape index (κ3) is 11.4. The van der Waals surface area contributed by atoms with Crippen LogP contribution in [0.15, 0.2) is 72.9 Å². The van der Waals surface area contributed by atoms with E-state index in [1.807, 2.05) is 23.1 Å². The van der Waals surface area contributed by atoms with Gasteiger partial charge < -0.3 is 29.7 Å². The number of likely N-dealkylation sites (tertiary alicyclic amines) is 2. The molecule has 6 aliphatic rings. The molecule has 0 aliphatic carbocycles. The number of imide groups is 2. The zero-order valence-electron chi connectivity index (χ0n) is 43.7. The molecular weight excluding hydrogens is 1040 g/mol. The number of ether oxygens (including phenoxy) is 1. The highest BCUT2D eigenvalue weighted by Crippen LogP contribution is 2.37. The Hall–Kier alpha value is -7.34. The van der Waals surface area contributed by atoms with Gasteiger partial charge >= 0.3 is 6.18 Å². The summed E-state index contributed by atoms with van der Waals surface area (Å²) < 4.78 is 48.5. The predicted octanol–water partition coefficient (Wildman–Crippen LogP) is 7.37. The van der Waals surface area contributed by atoms with Crippen molar-refractivity contribution in [2.45, 2.75) is 95.6 Å². The van der Waals surface area contributed by atoms with Crippen molar-refractivity contribution in [2.75, 3.05) is 74.0 Å². The molecule has 3 aromatic carbocycles. The minimum atomic E-state index is -4.63. The van der Waals surface area contributed by atoms with Crippen LogP contribution in [0.1, 0.15) is 118 Å². The molecule has 0 radical (unpaired) electrons. The Labute approximate surface area is 459 Å². The fourth-order valence-corrected chi connectivity index (χ4v) is 12.3. The summed E-state index contributed by atoms with van der Waals surface area (Å²) in [5, 5.41) is 9.54. The second-order valence-corrected chi connectivity index (χ2v) is 21.9. The highest BCUT2D eigenvalue weighted by molar-refractivity contribution is 6.31. The lowest BCUT2D eigenvalue weighted by atomic mass is 9.91. The summed E-state index contributed by atoms with van der Waals surface area (Å²) in [6.07, 6.45) is 4.24. The molecule has 0 bridgehead atoms. The lowest BCUT2D eigenvalue weighted by Crippen LogP contribution is -2.54. The molecule has 412 valence electrons. The molecule has 0 saturated carbocycles. The summed E-state index contributed by atoms with van der Waals surface area (Å²) in [7, 11) is 0. The number of anilines is 3. The van der Waals surface area contributed by atoms with E-state index in [1.54, 1.807) is 48.0 Å². The van der Waals surface area contributed by atoms with Crippen LogP contribution < -0.4 is 20.4 Å². The maximum atomic E-state index is 13.8. The monoisotopic (exact) mass is 1100 g/mol. The second kappa shape index (κ2) is 22.4. The summed E-state index contributed by atoms with van der Waals surface area (Å²) in [6, 6.07) is 16.0. The third-order valence-electron chi connectivity index (χ3n) is 16.5. The van der Waals surface area contributed by atoms with Gasteiger partial charge in [-0.15, -0.1) is 5.10 Å². The van der Waals surface area contributed by atoms with Gasteiger partial charge in [0.05, 0.1) is 40.8 Å². The van der Waals surface area contributed by atoms with Crippen molar-refractivity contribution in [1.29, 1.82) is 0 Å². The van der Waals surface area contributed by atoms with Gasteiger partial charge in [-0.05, 0) is 150 Å². The maximum Gasteiger partial charge on any atom is 0.416 e. The molecule has 6 aliphatic heterocycles. The number of aromatic nitrogens is 3. The molecular formula is C58H60ClF3N10O7. The first kappa shape index (κ1) is 53.7. The number of nitrogens with one attached hydrogen (secondary N) is 2. The Morgan fingerprint density at radius 3 is 2.23 bits per heavy atom. The fourth-order valence-electron chi connectivity index (χ4n) is 12.1. The normalized spacial score (nSPS) is 20.4. The van der Waals surface area contributed by atoms with Gasteiger partial charge in [0.25, 0.3) is 17.7 Å². The lowest BCUT2D eigenvalue weighted by molar-refractivity contribution is -0.141. The third-order valence-corrected chi connectivity index (χ3v) is 16.7. The Bertz CT molecular complexity index is 3290. The number of piperidine rings is 5. The smallest absolute Gasteiger partial charge is 0.375 e. The first-order chi connectivity index (χ1) is 38.0. The van der Waals surface area contributed by atoms with Crippen molar-refractivity contribution in [3.63, 3.8) is 0 Å². The van der Waals surface area contributed by atoms with Gasteiger partial charge in [0, 0.05) is 80.0 Å². The summed E-state index contributed by atoms with van der Waals surface area (Å²) in [5.74, 6) is 5.20. The van der Waals surface area contributed by atoms with Crippen LogP contribution in [0, 0.1) is 30.6 Å². The zero-order valence-corrected chi connectivity index (χ0v) is 44.5. The number of nitrogens with zero attached hydrogens (tertiary/aromatic N) is 8. The number of halogens is 4. The summed E-state index contributed by atoms with van der Waals surface area (Å²) in [4.78, 5) is 92.9. The van der Waals surface area contributed by atoms with Crippen molar-refractivity contribution in [2.24, 2.45) is 11.8 Å². The molecule has 2 N–H and O–H groups in total. The van der Waals surface area contributed by atoms with Crippen molar-refractivity contribution < 1.29 is 46.7 Å². The summed E-state index contributed by atoms with van der Waals surface area (Å²) >= 11 is 5.93. The standard InChI is InChI=1S/C58H60ClF3N10O7/c1-35-37(4-2-5-45(35)53(74)64-41-31-39(58(60,61)62)30-40(59)32-41)8-9-42-33-63-49-11-12-50(66-72(42)49)69-26-18-43(19-27-69)79-44-20-28-70(29-21-44)55(76)38-16-22-67(23-17-38)34-36-14-24-68(25-15-36)47-7-3-6-46-52(47)57(78)71(56(46)77)48-10-13-51(73)65-54(48)75/h2-7,11-12,30-33,36,38,43-44,48H,10,13-29,34H2,1H3,(H,64,74)(H,65,73,75). The maximum absolute atomic E-state index is 13.8. The number of amides is 6. The molecule has 5 fully saturated rings. The number of fused-ring (bicyclic) bond motifs is 2. The Balaban J connectivity index is 0.606.